The van der Waals surface area contributed by atoms with Gasteiger partial charge in [0.15, 0.2) is 11.5 Å². The molecule has 2 aliphatic heterocycles. The highest BCUT2D eigenvalue weighted by atomic mass is 16.7. The number of urea groups is 1. The lowest BCUT2D eigenvalue weighted by Crippen LogP contribution is -2.39. The second-order valence-corrected chi connectivity index (χ2v) is 5.18. The van der Waals surface area contributed by atoms with Crippen molar-refractivity contribution in [3.8, 4) is 11.5 Å². The Labute approximate surface area is 122 Å². The summed E-state index contributed by atoms with van der Waals surface area (Å²) < 4.78 is 10.6. The summed E-state index contributed by atoms with van der Waals surface area (Å²) in [5.41, 5.74) is 0.754. The molecule has 0 aromatic heterocycles. The number of likely N-dealkylation sites (N-methyl/N-ethyl adjacent to an activating group) is 1. The van der Waals surface area contributed by atoms with Crippen molar-refractivity contribution < 1.29 is 19.1 Å². The fourth-order valence-corrected chi connectivity index (χ4v) is 2.33. The van der Waals surface area contributed by atoms with Gasteiger partial charge in [0.05, 0.1) is 0 Å². The molecule has 7 nitrogen and oxygen atoms in total. The van der Waals surface area contributed by atoms with Gasteiger partial charge in [0.1, 0.15) is 6.54 Å². The number of benzene rings is 1. The third kappa shape index (κ3) is 2.46. The summed E-state index contributed by atoms with van der Waals surface area (Å²) in [6.45, 7) is 1.40. The number of ether oxygens (including phenoxy) is 2. The molecule has 1 aromatic carbocycles. The third-order valence-electron chi connectivity index (χ3n) is 3.59. The molecule has 2 aliphatic rings. The molecule has 1 saturated heterocycles. The quantitative estimate of drug-likeness (QED) is 0.824. The minimum absolute atomic E-state index is 0.0871. The monoisotopic (exact) mass is 291 g/mol. The van der Waals surface area contributed by atoms with Crippen LogP contribution in [0.3, 0.4) is 0 Å². The summed E-state index contributed by atoms with van der Waals surface area (Å²) >= 11 is 0. The molecule has 0 N–H and O–H groups in total. The zero-order valence-electron chi connectivity index (χ0n) is 12.0. The zero-order chi connectivity index (χ0) is 15.0. The summed E-state index contributed by atoms with van der Waals surface area (Å²) in [6, 6.07) is 5.24. The minimum Gasteiger partial charge on any atom is -0.454 e. The van der Waals surface area contributed by atoms with E-state index in [0.29, 0.717) is 24.6 Å². The van der Waals surface area contributed by atoms with Crippen LogP contribution < -0.4 is 14.4 Å². The van der Waals surface area contributed by atoms with Gasteiger partial charge in [-0.05, 0) is 12.1 Å². The van der Waals surface area contributed by atoms with Crippen molar-refractivity contribution in [3.05, 3.63) is 18.2 Å². The standard InChI is InChI=1S/C14H17N3O4/c1-15(2)13(18)8-16-5-6-17(14(16)19)10-3-4-11-12(7-10)21-9-20-11/h3-4,7H,5-6,8-9H2,1-2H3. The molecule has 1 aromatic rings. The molecule has 2 heterocycles. The lowest BCUT2D eigenvalue weighted by molar-refractivity contribution is -0.129. The molecule has 3 amide bonds. The number of carbonyl (C=O) groups is 2. The Balaban J connectivity index is 1.73. The Bertz CT molecular complexity index is 588. The molecule has 0 radical (unpaired) electrons. The molecule has 0 atom stereocenters. The minimum atomic E-state index is -0.163. The van der Waals surface area contributed by atoms with Crippen LogP contribution in [-0.4, -0.2) is 62.3 Å². The van der Waals surface area contributed by atoms with E-state index in [9.17, 15) is 9.59 Å². The van der Waals surface area contributed by atoms with Crippen molar-refractivity contribution in [1.29, 1.82) is 0 Å². The normalized spacial score (nSPS) is 16.6. The maximum atomic E-state index is 12.4. The van der Waals surface area contributed by atoms with Crippen LogP contribution in [0.25, 0.3) is 0 Å². The van der Waals surface area contributed by atoms with Crippen LogP contribution in [0.15, 0.2) is 18.2 Å². The van der Waals surface area contributed by atoms with Crippen molar-refractivity contribution in [2.45, 2.75) is 0 Å². The molecule has 0 saturated carbocycles. The van der Waals surface area contributed by atoms with Crippen molar-refractivity contribution in [3.63, 3.8) is 0 Å². The highest BCUT2D eigenvalue weighted by molar-refractivity contribution is 5.96. The van der Waals surface area contributed by atoms with Crippen LogP contribution in [0.4, 0.5) is 10.5 Å². The van der Waals surface area contributed by atoms with E-state index in [-0.39, 0.29) is 25.3 Å². The third-order valence-corrected chi connectivity index (χ3v) is 3.59. The van der Waals surface area contributed by atoms with E-state index < -0.39 is 0 Å². The molecule has 0 spiro atoms. The first-order valence-corrected chi connectivity index (χ1v) is 6.72. The Kier molecular flexibility index (Phi) is 3.32. The predicted octanol–water partition coefficient (Wildman–Crippen LogP) is 0.745. The van der Waals surface area contributed by atoms with Gasteiger partial charge in [0, 0.05) is 38.9 Å². The van der Waals surface area contributed by atoms with Crippen molar-refractivity contribution >= 4 is 17.6 Å². The number of hydrogen-bond donors (Lipinski definition) is 0. The molecule has 112 valence electrons. The van der Waals surface area contributed by atoms with E-state index in [4.69, 9.17) is 9.47 Å². The Morgan fingerprint density at radius 1 is 1.24 bits per heavy atom. The van der Waals surface area contributed by atoms with E-state index in [1.165, 1.54) is 4.90 Å². The molecular weight excluding hydrogens is 274 g/mol. The molecule has 21 heavy (non-hydrogen) atoms. The van der Waals surface area contributed by atoms with Gasteiger partial charge in [0.2, 0.25) is 12.7 Å². The van der Waals surface area contributed by atoms with Gasteiger partial charge < -0.3 is 19.3 Å². The second kappa shape index (κ2) is 5.16. The lowest BCUT2D eigenvalue weighted by Gasteiger charge is -2.20. The summed E-state index contributed by atoms with van der Waals surface area (Å²) in [7, 11) is 3.36. The number of anilines is 1. The van der Waals surface area contributed by atoms with Crippen LogP contribution in [0.5, 0.6) is 11.5 Å². The van der Waals surface area contributed by atoms with Crippen LogP contribution in [0, 0.1) is 0 Å². The number of carbonyl (C=O) groups excluding carboxylic acids is 2. The van der Waals surface area contributed by atoms with E-state index in [1.54, 1.807) is 36.0 Å². The van der Waals surface area contributed by atoms with Gasteiger partial charge in [-0.1, -0.05) is 0 Å². The molecule has 7 heteroatoms. The van der Waals surface area contributed by atoms with E-state index in [1.807, 2.05) is 6.07 Å². The molecule has 3 rings (SSSR count). The van der Waals surface area contributed by atoms with Gasteiger partial charge in [-0.3, -0.25) is 9.69 Å². The highest BCUT2D eigenvalue weighted by Gasteiger charge is 2.31. The average Bonchev–Trinajstić information content (AvgIpc) is 3.05. The molecule has 1 fully saturated rings. The average molecular weight is 291 g/mol. The van der Waals surface area contributed by atoms with Crippen LogP contribution >= 0.6 is 0 Å². The molecule has 0 bridgehead atoms. The number of rotatable bonds is 3. The smallest absolute Gasteiger partial charge is 0.325 e. The fraction of sp³-hybridized carbons (Fsp3) is 0.429. The number of amides is 3. The molecular formula is C14H17N3O4. The van der Waals surface area contributed by atoms with Crippen molar-refractivity contribution in [2.75, 3.05) is 45.4 Å². The maximum Gasteiger partial charge on any atom is 0.325 e. The summed E-state index contributed by atoms with van der Waals surface area (Å²) in [5.74, 6) is 1.24. The van der Waals surface area contributed by atoms with E-state index >= 15 is 0 Å². The second-order valence-electron chi connectivity index (χ2n) is 5.18. The van der Waals surface area contributed by atoms with Crippen molar-refractivity contribution in [2.24, 2.45) is 0 Å². The zero-order valence-corrected chi connectivity index (χ0v) is 12.0. The van der Waals surface area contributed by atoms with E-state index in [0.717, 1.165) is 5.69 Å². The van der Waals surface area contributed by atoms with Gasteiger partial charge in [-0.15, -0.1) is 0 Å². The molecule has 0 unspecified atom stereocenters. The van der Waals surface area contributed by atoms with Crippen molar-refractivity contribution in [1.82, 2.24) is 9.80 Å². The first-order chi connectivity index (χ1) is 10.1. The Morgan fingerprint density at radius 3 is 2.76 bits per heavy atom. The van der Waals surface area contributed by atoms with Gasteiger partial charge in [0.25, 0.3) is 0 Å². The summed E-state index contributed by atoms with van der Waals surface area (Å²) in [4.78, 5) is 28.8. The van der Waals surface area contributed by atoms with Crippen LogP contribution in [0.1, 0.15) is 0 Å². The highest BCUT2D eigenvalue weighted by Crippen LogP contribution is 2.36. The fourth-order valence-electron chi connectivity index (χ4n) is 2.33. The van der Waals surface area contributed by atoms with Crippen LogP contribution in [-0.2, 0) is 4.79 Å². The van der Waals surface area contributed by atoms with Gasteiger partial charge >= 0.3 is 6.03 Å². The Hall–Kier alpha value is -2.44. The van der Waals surface area contributed by atoms with Crippen LogP contribution in [0.2, 0.25) is 0 Å². The lowest BCUT2D eigenvalue weighted by atomic mass is 10.2. The van der Waals surface area contributed by atoms with E-state index in [2.05, 4.69) is 0 Å². The largest absolute Gasteiger partial charge is 0.454 e. The summed E-state index contributed by atoms with van der Waals surface area (Å²) in [5, 5.41) is 0. The predicted molar refractivity (Wildman–Crippen MR) is 75.6 cm³/mol. The number of fused-ring (bicyclic) bond motifs is 1. The topological polar surface area (TPSA) is 62.3 Å². The first kappa shape index (κ1) is 13.5. The number of nitrogens with zero attached hydrogens (tertiary/aromatic N) is 3. The number of hydrogen-bond acceptors (Lipinski definition) is 4. The summed E-state index contributed by atoms with van der Waals surface area (Å²) in [6.07, 6.45) is 0. The van der Waals surface area contributed by atoms with Gasteiger partial charge in [-0.25, -0.2) is 4.79 Å². The van der Waals surface area contributed by atoms with Gasteiger partial charge in [-0.2, -0.15) is 0 Å². The Morgan fingerprint density at radius 2 is 2.00 bits per heavy atom. The SMILES string of the molecule is CN(C)C(=O)CN1CCN(c2ccc3c(c2)OCO3)C1=O. The molecule has 0 aliphatic carbocycles. The first-order valence-electron chi connectivity index (χ1n) is 6.72. The maximum absolute atomic E-state index is 12.4.